The molecule has 1 aliphatic heterocycles. The summed E-state index contributed by atoms with van der Waals surface area (Å²) in [6, 6.07) is 2.70. The van der Waals surface area contributed by atoms with Crippen LogP contribution in [0.2, 0.25) is 5.02 Å². The number of benzene rings is 1. The second-order valence-electron chi connectivity index (χ2n) is 6.11. The monoisotopic (exact) mass is 362 g/mol. The van der Waals surface area contributed by atoms with Crippen LogP contribution in [0, 0.1) is 5.92 Å². The summed E-state index contributed by atoms with van der Waals surface area (Å²) in [4.78, 5) is 25.7. The average Bonchev–Trinajstić information content (AvgIpc) is 2.85. The first-order valence-corrected chi connectivity index (χ1v) is 7.91. The zero-order valence-corrected chi connectivity index (χ0v) is 14.0. The van der Waals surface area contributed by atoms with Gasteiger partial charge in [0, 0.05) is 31.5 Å². The van der Waals surface area contributed by atoms with Crippen LogP contribution in [0.3, 0.4) is 0 Å². The lowest BCUT2D eigenvalue weighted by molar-refractivity contribution is -0.137. The minimum absolute atomic E-state index is 0.0151. The van der Waals surface area contributed by atoms with Gasteiger partial charge >= 0.3 is 6.18 Å². The van der Waals surface area contributed by atoms with Crippen LogP contribution in [-0.4, -0.2) is 35.8 Å². The maximum Gasteiger partial charge on any atom is 0.416 e. The molecule has 1 atom stereocenters. The van der Waals surface area contributed by atoms with E-state index in [9.17, 15) is 22.8 Å². The van der Waals surface area contributed by atoms with Crippen molar-refractivity contribution in [3.05, 3.63) is 34.3 Å². The minimum atomic E-state index is -4.55. The molecule has 1 aromatic carbocycles. The zero-order chi connectivity index (χ0) is 18.1. The lowest BCUT2D eigenvalue weighted by Gasteiger charge is -2.21. The highest BCUT2D eigenvalue weighted by atomic mass is 35.5. The van der Waals surface area contributed by atoms with E-state index in [1.165, 1.54) is 0 Å². The molecule has 1 heterocycles. The summed E-state index contributed by atoms with van der Waals surface area (Å²) in [5.41, 5.74) is -1.16. The van der Waals surface area contributed by atoms with Crippen LogP contribution in [0.25, 0.3) is 0 Å². The second-order valence-corrected chi connectivity index (χ2v) is 6.52. The van der Waals surface area contributed by atoms with Crippen LogP contribution in [0.5, 0.6) is 0 Å². The molecule has 1 saturated heterocycles. The third kappa shape index (κ3) is 4.20. The van der Waals surface area contributed by atoms with Gasteiger partial charge in [0.05, 0.1) is 16.1 Å². The Balaban J connectivity index is 2.02. The van der Waals surface area contributed by atoms with Gasteiger partial charge in [-0.2, -0.15) is 13.2 Å². The molecular weight excluding hydrogens is 345 g/mol. The molecule has 0 spiro atoms. The lowest BCUT2D eigenvalue weighted by Crippen LogP contribution is -2.34. The molecule has 0 bridgehead atoms. The number of halogens is 4. The molecule has 24 heavy (non-hydrogen) atoms. The third-order valence-electron chi connectivity index (χ3n) is 3.95. The average molecular weight is 363 g/mol. The lowest BCUT2D eigenvalue weighted by atomic mass is 10.1. The number of amides is 2. The molecule has 2 amide bonds. The third-order valence-corrected chi connectivity index (χ3v) is 4.28. The summed E-state index contributed by atoms with van der Waals surface area (Å²) in [5, 5.41) is 2.52. The Morgan fingerprint density at radius 3 is 2.62 bits per heavy atom. The van der Waals surface area contributed by atoms with Crippen LogP contribution in [0.4, 0.5) is 13.2 Å². The van der Waals surface area contributed by atoms with E-state index in [4.69, 9.17) is 11.6 Å². The van der Waals surface area contributed by atoms with E-state index in [0.717, 1.165) is 18.2 Å². The number of nitrogens with one attached hydrogen (secondary N) is 1. The number of alkyl halides is 3. The van der Waals surface area contributed by atoms with Crippen LogP contribution in [-0.2, 0) is 11.0 Å². The van der Waals surface area contributed by atoms with Crippen molar-refractivity contribution >= 4 is 23.4 Å². The number of hydrogen-bond donors (Lipinski definition) is 1. The Morgan fingerprint density at radius 2 is 2.08 bits per heavy atom. The largest absolute Gasteiger partial charge is 0.416 e. The molecule has 0 saturated carbocycles. The first-order valence-electron chi connectivity index (χ1n) is 7.54. The fourth-order valence-corrected chi connectivity index (χ4v) is 2.86. The number of likely N-dealkylation sites (tertiary alicyclic amines) is 1. The highest BCUT2D eigenvalue weighted by Crippen LogP contribution is 2.31. The second kappa shape index (κ2) is 7.01. The van der Waals surface area contributed by atoms with E-state index in [-0.39, 0.29) is 35.0 Å². The van der Waals surface area contributed by atoms with Crippen molar-refractivity contribution in [1.82, 2.24) is 10.2 Å². The van der Waals surface area contributed by atoms with Gasteiger partial charge in [0.15, 0.2) is 0 Å². The minimum Gasteiger partial charge on any atom is -0.352 e. The van der Waals surface area contributed by atoms with Gasteiger partial charge in [0.25, 0.3) is 5.91 Å². The topological polar surface area (TPSA) is 49.4 Å². The highest BCUT2D eigenvalue weighted by molar-refractivity contribution is 6.33. The Hall–Kier alpha value is -1.76. The Kier molecular flexibility index (Phi) is 5.42. The van der Waals surface area contributed by atoms with Gasteiger partial charge in [-0.1, -0.05) is 11.6 Å². The molecule has 8 heteroatoms. The van der Waals surface area contributed by atoms with E-state index in [0.29, 0.717) is 13.0 Å². The molecule has 4 nitrogen and oxygen atoms in total. The summed E-state index contributed by atoms with van der Waals surface area (Å²) in [7, 11) is 0. The number of nitrogens with zero attached hydrogens (tertiary/aromatic N) is 1. The molecular formula is C16H18ClF3N2O2. The summed E-state index contributed by atoms with van der Waals surface area (Å²) >= 11 is 5.83. The number of carbonyl (C=O) groups is 2. The summed E-state index contributed by atoms with van der Waals surface area (Å²) in [6.45, 7) is 4.54. The van der Waals surface area contributed by atoms with Crippen molar-refractivity contribution in [3.63, 3.8) is 0 Å². The highest BCUT2D eigenvalue weighted by Gasteiger charge is 2.33. The van der Waals surface area contributed by atoms with Crippen LogP contribution < -0.4 is 5.32 Å². The first-order chi connectivity index (χ1) is 11.1. The summed E-state index contributed by atoms with van der Waals surface area (Å²) in [6.07, 6.45) is -4.23. The Morgan fingerprint density at radius 1 is 1.42 bits per heavy atom. The smallest absolute Gasteiger partial charge is 0.352 e. The number of rotatable bonds is 4. The van der Waals surface area contributed by atoms with Crippen molar-refractivity contribution in [2.45, 2.75) is 32.5 Å². The molecule has 2 rings (SSSR count). The maximum absolute atomic E-state index is 12.7. The maximum atomic E-state index is 12.7. The van der Waals surface area contributed by atoms with E-state index >= 15 is 0 Å². The summed E-state index contributed by atoms with van der Waals surface area (Å²) < 4.78 is 38.2. The number of carbonyl (C=O) groups excluding carboxylic acids is 2. The molecule has 1 fully saturated rings. The Bertz CT molecular complexity index is 647. The number of hydrogen-bond acceptors (Lipinski definition) is 2. The van der Waals surface area contributed by atoms with Crippen LogP contribution >= 0.6 is 11.6 Å². The van der Waals surface area contributed by atoms with E-state index < -0.39 is 17.6 Å². The van der Waals surface area contributed by atoms with Crippen molar-refractivity contribution in [1.29, 1.82) is 0 Å². The Labute approximate surface area is 143 Å². The molecule has 0 aliphatic carbocycles. The quantitative estimate of drug-likeness (QED) is 0.893. The van der Waals surface area contributed by atoms with Crippen molar-refractivity contribution in [2.24, 2.45) is 5.92 Å². The van der Waals surface area contributed by atoms with Gasteiger partial charge in [-0.05, 0) is 32.0 Å². The molecule has 1 N–H and O–H groups in total. The van der Waals surface area contributed by atoms with Crippen LogP contribution in [0.15, 0.2) is 18.2 Å². The fourth-order valence-electron chi connectivity index (χ4n) is 2.65. The first kappa shape index (κ1) is 18.6. The molecule has 0 unspecified atom stereocenters. The molecule has 0 aromatic heterocycles. The predicted octanol–water partition coefficient (Wildman–Crippen LogP) is 3.35. The summed E-state index contributed by atoms with van der Waals surface area (Å²) in [5.74, 6) is -0.726. The molecule has 1 aliphatic rings. The normalized spacial score (nSPS) is 18.4. The van der Waals surface area contributed by atoms with Crippen LogP contribution in [0.1, 0.15) is 36.2 Å². The fraction of sp³-hybridized carbons (Fsp3) is 0.500. The van der Waals surface area contributed by atoms with Gasteiger partial charge in [0.1, 0.15) is 0 Å². The van der Waals surface area contributed by atoms with E-state index in [2.05, 4.69) is 5.32 Å². The van der Waals surface area contributed by atoms with E-state index in [1.54, 1.807) is 4.90 Å². The van der Waals surface area contributed by atoms with Gasteiger partial charge in [-0.25, -0.2) is 0 Å². The SMILES string of the molecule is CC(C)N1C[C@H](CNC(=O)c2cc(C(F)(F)F)ccc2Cl)CC1=O. The van der Waals surface area contributed by atoms with Gasteiger partial charge < -0.3 is 10.2 Å². The van der Waals surface area contributed by atoms with Gasteiger partial charge in [-0.3, -0.25) is 9.59 Å². The standard InChI is InChI=1S/C16H18ClF3N2O2/c1-9(2)22-8-10(5-14(22)23)7-21-15(24)12-6-11(16(18,19)20)3-4-13(12)17/h3-4,6,9-10H,5,7-8H2,1-2H3,(H,21,24)/t10-/m0/s1. The zero-order valence-electron chi connectivity index (χ0n) is 13.3. The van der Waals surface area contributed by atoms with Crippen molar-refractivity contribution < 1.29 is 22.8 Å². The molecule has 1 aromatic rings. The van der Waals surface area contributed by atoms with E-state index in [1.807, 2.05) is 13.8 Å². The van der Waals surface area contributed by atoms with Crippen molar-refractivity contribution in [3.8, 4) is 0 Å². The molecule has 0 radical (unpaired) electrons. The molecule has 132 valence electrons. The van der Waals surface area contributed by atoms with Gasteiger partial charge in [0.2, 0.25) is 5.91 Å². The van der Waals surface area contributed by atoms with Crippen molar-refractivity contribution in [2.75, 3.05) is 13.1 Å². The van der Waals surface area contributed by atoms with Gasteiger partial charge in [-0.15, -0.1) is 0 Å². The predicted molar refractivity (Wildman–Crippen MR) is 83.7 cm³/mol.